The van der Waals surface area contributed by atoms with E-state index in [1.807, 2.05) is 12.1 Å². The van der Waals surface area contributed by atoms with Gasteiger partial charge in [0.2, 0.25) is 10.0 Å². The van der Waals surface area contributed by atoms with Crippen LogP contribution in [0.3, 0.4) is 0 Å². The normalized spacial score (nSPS) is 15.3. The average molecular weight is 546 g/mol. The molecule has 2 N–H and O–H groups in total. The molecule has 164 valence electrons. The zero-order valence-electron chi connectivity index (χ0n) is 17.0. The molecule has 1 saturated heterocycles. The molecule has 0 amide bonds. The molecule has 1 heterocycles. The minimum absolute atomic E-state index is 0. The van der Waals surface area contributed by atoms with Gasteiger partial charge in [0, 0.05) is 33.2 Å². The van der Waals surface area contributed by atoms with Gasteiger partial charge in [0.1, 0.15) is 5.82 Å². The van der Waals surface area contributed by atoms with Gasteiger partial charge in [-0.15, -0.1) is 24.0 Å². The molecule has 0 bridgehead atoms. The molecule has 0 saturated carbocycles. The van der Waals surface area contributed by atoms with E-state index in [4.69, 9.17) is 0 Å². The first-order valence-electron chi connectivity index (χ1n) is 9.77. The van der Waals surface area contributed by atoms with Crippen molar-refractivity contribution in [3.05, 3.63) is 65.5 Å². The van der Waals surface area contributed by atoms with Crippen LogP contribution in [0.5, 0.6) is 0 Å². The van der Waals surface area contributed by atoms with Gasteiger partial charge in [0.15, 0.2) is 5.96 Å². The molecule has 9 heteroatoms. The summed E-state index contributed by atoms with van der Waals surface area (Å²) >= 11 is 0. The Balaban J connectivity index is 0.00000320. The molecule has 2 aromatic rings. The highest BCUT2D eigenvalue weighted by atomic mass is 127. The van der Waals surface area contributed by atoms with Crippen LogP contribution >= 0.6 is 24.0 Å². The maximum atomic E-state index is 13.3. The third kappa shape index (κ3) is 6.64. The second-order valence-corrected chi connectivity index (χ2v) is 8.96. The van der Waals surface area contributed by atoms with Crippen LogP contribution in [0.2, 0.25) is 0 Å². The van der Waals surface area contributed by atoms with Gasteiger partial charge < -0.3 is 10.6 Å². The van der Waals surface area contributed by atoms with Gasteiger partial charge >= 0.3 is 0 Å². The summed E-state index contributed by atoms with van der Waals surface area (Å²) in [5.74, 6) is 0.275. The van der Waals surface area contributed by atoms with E-state index in [2.05, 4.69) is 15.6 Å². The zero-order chi connectivity index (χ0) is 20.7. The van der Waals surface area contributed by atoms with Crippen molar-refractivity contribution in [2.24, 2.45) is 4.99 Å². The van der Waals surface area contributed by atoms with E-state index in [9.17, 15) is 12.8 Å². The molecule has 30 heavy (non-hydrogen) atoms. The summed E-state index contributed by atoms with van der Waals surface area (Å²) in [6.07, 6.45) is 2.90. The number of piperidine rings is 1. The van der Waals surface area contributed by atoms with Crippen LogP contribution in [0.25, 0.3) is 0 Å². The first kappa shape index (κ1) is 24.5. The molecule has 0 spiro atoms. The Kier molecular flexibility index (Phi) is 9.50. The Morgan fingerprint density at radius 2 is 1.60 bits per heavy atom. The topological polar surface area (TPSA) is 73.8 Å². The maximum absolute atomic E-state index is 13.3. The molecule has 0 aromatic heterocycles. The molecule has 1 fully saturated rings. The molecule has 2 aromatic carbocycles. The molecular weight excluding hydrogens is 518 g/mol. The first-order valence-corrected chi connectivity index (χ1v) is 11.2. The van der Waals surface area contributed by atoms with Crippen molar-refractivity contribution in [3.8, 4) is 0 Å². The fraction of sp³-hybridized carbons (Fsp3) is 0.381. The van der Waals surface area contributed by atoms with Crippen LogP contribution in [-0.4, -0.2) is 38.8 Å². The number of halogens is 2. The number of aliphatic imine (C=N–C) groups is 1. The van der Waals surface area contributed by atoms with Gasteiger partial charge in [-0.2, -0.15) is 4.31 Å². The largest absolute Gasteiger partial charge is 0.352 e. The number of hydrogen-bond acceptors (Lipinski definition) is 3. The van der Waals surface area contributed by atoms with Gasteiger partial charge in [0.25, 0.3) is 0 Å². The lowest BCUT2D eigenvalue weighted by Crippen LogP contribution is -2.36. The van der Waals surface area contributed by atoms with Gasteiger partial charge in [0.05, 0.1) is 4.90 Å². The smallest absolute Gasteiger partial charge is 0.243 e. The van der Waals surface area contributed by atoms with Crippen molar-refractivity contribution in [1.82, 2.24) is 14.9 Å². The number of benzene rings is 2. The van der Waals surface area contributed by atoms with Gasteiger partial charge in [-0.05, 0) is 48.2 Å². The predicted octanol–water partition coefficient (Wildman–Crippen LogP) is 3.48. The molecule has 0 unspecified atom stereocenters. The van der Waals surface area contributed by atoms with E-state index in [0.717, 1.165) is 30.4 Å². The Morgan fingerprint density at radius 3 is 2.20 bits per heavy atom. The Bertz CT molecular complexity index is 963. The van der Waals surface area contributed by atoms with Gasteiger partial charge in [-0.3, -0.25) is 4.99 Å². The summed E-state index contributed by atoms with van der Waals surface area (Å²) in [4.78, 5) is 4.48. The average Bonchev–Trinajstić information content (AvgIpc) is 2.75. The lowest BCUT2D eigenvalue weighted by molar-refractivity contribution is 0.346. The highest BCUT2D eigenvalue weighted by Crippen LogP contribution is 2.21. The second-order valence-electron chi connectivity index (χ2n) is 7.02. The molecular formula is C21H28FIN4O2S. The van der Waals surface area contributed by atoms with E-state index in [0.29, 0.717) is 37.0 Å². The van der Waals surface area contributed by atoms with Crippen molar-refractivity contribution < 1.29 is 12.8 Å². The summed E-state index contributed by atoms with van der Waals surface area (Å²) in [6, 6.07) is 13.4. The highest BCUT2D eigenvalue weighted by molar-refractivity contribution is 14.0. The minimum Gasteiger partial charge on any atom is -0.352 e. The summed E-state index contributed by atoms with van der Waals surface area (Å²) < 4.78 is 40.6. The van der Waals surface area contributed by atoms with Crippen LogP contribution in [0.15, 0.2) is 58.4 Å². The molecule has 1 aliphatic heterocycles. The third-order valence-corrected chi connectivity index (χ3v) is 6.78. The summed E-state index contributed by atoms with van der Waals surface area (Å²) in [7, 11) is -1.80. The SMILES string of the molecule is CN=C(NCc1cccc(F)c1)NCc1cccc(S(=O)(=O)N2CCCCC2)c1.I. The van der Waals surface area contributed by atoms with Crippen LogP contribution in [-0.2, 0) is 23.1 Å². The van der Waals surface area contributed by atoms with Crippen LogP contribution in [0, 0.1) is 5.82 Å². The number of sulfonamides is 1. The molecule has 6 nitrogen and oxygen atoms in total. The standard InChI is InChI=1S/C21H27FN4O2S.HI/c1-23-21(24-15-17-7-5-9-19(22)13-17)25-16-18-8-6-10-20(14-18)29(27,28)26-11-3-2-4-12-26;/h5-10,13-14H,2-4,11-12,15-16H2,1H3,(H2,23,24,25);1H. The fourth-order valence-electron chi connectivity index (χ4n) is 3.31. The van der Waals surface area contributed by atoms with Crippen molar-refractivity contribution in [3.63, 3.8) is 0 Å². The first-order chi connectivity index (χ1) is 14.0. The van der Waals surface area contributed by atoms with Crippen molar-refractivity contribution in [1.29, 1.82) is 0 Å². The Morgan fingerprint density at radius 1 is 1.00 bits per heavy atom. The van der Waals surface area contributed by atoms with Crippen molar-refractivity contribution in [2.45, 2.75) is 37.2 Å². The van der Waals surface area contributed by atoms with Gasteiger partial charge in [-0.1, -0.05) is 30.7 Å². The van der Waals surface area contributed by atoms with Crippen molar-refractivity contribution >= 4 is 40.0 Å². The number of rotatable bonds is 6. The predicted molar refractivity (Wildman–Crippen MR) is 128 cm³/mol. The van der Waals surface area contributed by atoms with E-state index < -0.39 is 10.0 Å². The third-order valence-electron chi connectivity index (χ3n) is 4.88. The quantitative estimate of drug-likeness (QED) is 0.331. The number of nitrogens with zero attached hydrogens (tertiary/aromatic N) is 2. The Labute approximate surface area is 195 Å². The summed E-state index contributed by atoms with van der Waals surface area (Å²) in [5.41, 5.74) is 1.65. The molecule has 1 aliphatic rings. The molecule has 0 radical (unpaired) electrons. The number of hydrogen-bond donors (Lipinski definition) is 2. The summed E-state index contributed by atoms with van der Waals surface area (Å²) in [6.45, 7) is 2.02. The van der Waals surface area contributed by atoms with Gasteiger partial charge in [-0.25, -0.2) is 12.8 Å². The number of nitrogens with one attached hydrogen (secondary N) is 2. The Hall–Kier alpha value is -1.72. The van der Waals surface area contributed by atoms with E-state index in [1.165, 1.54) is 12.1 Å². The minimum atomic E-state index is -3.45. The highest BCUT2D eigenvalue weighted by Gasteiger charge is 2.25. The van der Waals surface area contributed by atoms with Crippen molar-refractivity contribution in [2.75, 3.05) is 20.1 Å². The van der Waals surface area contributed by atoms with Crippen LogP contribution in [0.1, 0.15) is 30.4 Å². The molecule has 0 aliphatic carbocycles. The maximum Gasteiger partial charge on any atom is 0.243 e. The number of guanidine groups is 1. The molecule has 0 atom stereocenters. The fourth-order valence-corrected chi connectivity index (χ4v) is 4.90. The van der Waals surface area contributed by atoms with E-state index >= 15 is 0 Å². The molecule has 3 rings (SSSR count). The lowest BCUT2D eigenvalue weighted by atomic mass is 10.2. The lowest BCUT2D eigenvalue weighted by Gasteiger charge is -2.26. The van der Waals surface area contributed by atoms with E-state index in [1.54, 1.807) is 35.6 Å². The zero-order valence-corrected chi connectivity index (χ0v) is 20.1. The summed E-state index contributed by atoms with van der Waals surface area (Å²) in [5, 5.41) is 6.29. The van der Waals surface area contributed by atoms with Crippen LogP contribution in [0.4, 0.5) is 4.39 Å². The van der Waals surface area contributed by atoms with E-state index in [-0.39, 0.29) is 29.8 Å². The second kappa shape index (κ2) is 11.6. The van der Waals surface area contributed by atoms with Crippen LogP contribution < -0.4 is 10.6 Å². The monoisotopic (exact) mass is 546 g/mol.